The van der Waals surface area contributed by atoms with Crippen molar-refractivity contribution in [1.29, 1.82) is 0 Å². The number of aryl methyl sites for hydroxylation is 1. The Bertz CT molecular complexity index is 905. The van der Waals surface area contributed by atoms with Crippen molar-refractivity contribution in [2.75, 3.05) is 19.7 Å². The SMILES string of the molecule is CCOC(=O)Cc1ccc(C)cc1OC1CC2(CCNCC2)c2ccc(Br)cc21. The zero-order valence-electron chi connectivity index (χ0n) is 17.1. The number of rotatable bonds is 5. The summed E-state index contributed by atoms with van der Waals surface area (Å²) in [7, 11) is 0. The summed E-state index contributed by atoms with van der Waals surface area (Å²) >= 11 is 3.64. The molecule has 0 radical (unpaired) electrons. The lowest BCUT2D eigenvalue weighted by Crippen LogP contribution is -2.38. The number of hydrogen-bond acceptors (Lipinski definition) is 4. The van der Waals surface area contributed by atoms with Gasteiger partial charge in [0.25, 0.3) is 0 Å². The lowest BCUT2D eigenvalue weighted by Gasteiger charge is -2.35. The smallest absolute Gasteiger partial charge is 0.310 e. The lowest BCUT2D eigenvalue weighted by molar-refractivity contribution is -0.142. The molecule has 1 aliphatic heterocycles. The van der Waals surface area contributed by atoms with Crippen LogP contribution in [0, 0.1) is 6.92 Å². The van der Waals surface area contributed by atoms with Gasteiger partial charge in [0.1, 0.15) is 11.9 Å². The number of hydrogen-bond donors (Lipinski definition) is 1. The number of esters is 1. The number of carbonyl (C=O) groups excluding carboxylic acids is 1. The predicted molar refractivity (Wildman–Crippen MR) is 117 cm³/mol. The van der Waals surface area contributed by atoms with Crippen molar-refractivity contribution in [2.45, 2.75) is 51.0 Å². The molecule has 2 aromatic carbocycles. The fourth-order valence-corrected chi connectivity index (χ4v) is 5.16. The van der Waals surface area contributed by atoms with Crippen LogP contribution in [0.4, 0.5) is 0 Å². The van der Waals surface area contributed by atoms with Gasteiger partial charge in [-0.3, -0.25) is 4.79 Å². The molecule has 1 atom stereocenters. The van der Waals surface area contributed by atoms with Crippen LogP contribution >= 0.6 is 15.9 Å². The first-order valence-electron chi connectivity index (χ1n) is 10.4. The minimum absolute atomic E-state index is 0.0108. The second kappa shape index (κ2) is 8.49. The average molecular weight is 458 g/mol. The standard InChI is InChI=1S/C24H28BrNO3/c1-3-28-23(27)13-17-5-4-16(2)12-21(17)29-22-15-24(8-10-26-11-9-24)20-7-6-18(25)14-19(20)22/h4-7,12,14,22,26H,3,8-11,13,15H2,1-2H3. The van der Waals surface area contributed by atoms with Gasteiger partial charge in [-0.25, -0.2) is 0 Å². The van der Waals surface area contributed by atoms with Gasteiger partial charge in [-0.1, -0.05) is 34.1 Å². The molecule has 1 spiro atoms. The third kappa shape index (κ3) is 4.22. The molecule has 154 valence electrons. The van der Waals surface area contributed by atoms with E-state index in [4.69, 9.17) is 9.47 Å². The number of carbonyl (C=O) groups is 1. The van der Waals surface area contributed by atoms with Crippen LogP contribution in [0.15, 0.2) is 40.9 Å². The fraction of sp³-hybridized carbons (Fsp3) is 0.458. The Morgan fingerprint density at radius 1 is 1.21 bits per heavy atom. The first-order chi connectivity index (χ1) is 14.0. The van der Waals surface area contributed by atoms with E-state index in [0.717, 1.165) is 53.7 Å². The molecule has 0 amide bonds. The van der Waals surface area contributed by atoms with E-state index >= 15 is 0 Å². The van der Waals surface area contributed by atoms with Crippen LogP contribution in [0.25, 0.3) is 0 Å². The highest BCUT2D eigenvalue weighted by molar-refractivity contribution is 9.10. The Labute approximate surface area is 181 Å². The van der Waals surface area contributed by atoms with Gasteiger partial charge in [0.2, 0.25) is 0 Å². The molecule has 1 saturated heterocycles. The van der Waals surface area contributed by atoms with Gasteiger partial charge in [-0.15, -0.1) is 0 Å². The fourth-order valence-electron chi connectivity index (χ4n) is 4.78. The van der Waals surface area contributed by atoms with E-state index in [9.17, 15) is 4.79 Å². The molecule has 4 nitrogen and oxygen atoms in total. The Morgan fingerprint density at radius 2 is 2.00 bits per heavy atom. The average Bonchev–Trinajstić information content (AvgIpc) is 2.97. The third-order valence-electron chi connectivity index (χ3n) is 6.20. The molecule has 1 fully saturated rings. The quantitative estimate of drug-likeness (QED) is 0.641. The Morgan fingerprint density at radius 3 is 2.76 bits per heavy atom. The molecule has 2 aromatic rings. The van der Waals surface area contributed by atoms with Gasteiger partial charge in [0.15, 0.2) is 0 Å². The highest BCUT2D eigenvalue weighted by Gasteiger charge is 2.45. The highest BCUT2D eigenvalue weighted by Crippen LogP contribution is 2.52. The van der Waals surface area contributed by atoms with Crippen LogP contribution in [-0.2, 0) is 21.4 Å². The predicted octanol–water partition coefficient (Wildman–Crippen LogP) is 5.01. The summed E-state index contributed by atoms with van der Waals surface area (Å²) in [5.41, 5.74) is 4.88. The summed E-state index contributed by atoms with van der Waals surface area (Å²) in [5.74, 6) is 0.575. The highest BCUT2D eigenvalue weighted by atomic mass is 79.9. The molecule has 29 heavy (non-hydrogen) atoms. The number of benzene rings is 2. The van der Waals surface area contributed by atoms with E-state index in [1.165, 1.54) is 11.1 Å². The van der Waals surface area contributed by atoms with Crippen molar-refractivity contribution < 1.29 is 14.3 Å². The van der Waals surface area contributed by atoms with Gasteiger partial charge < -0.3 is 14.8 Å². The molecule has 2 aliphatic rings. The second-order valence-corrected chi connectivity index (χ2v) is 9.08. The van der Waals surface area contributed by atoms with Gasteiger partial charge >= 0.3 is 5.97 Å². The molecule has 4 rings (SSSR count). The van der Waals surface area contributed by atoms with Gasteiger partial charge in [-0.2, -0.15) is 0 Å². The molecule has 0 saturated carbocycles. The maximum absolute atomic E-state index is 12.1. The van der Waals surface area contributed by atoms with Crippen LogP contribution in [-0.4, -0.2) is 25.7 Å². The molecular weight excluding hydrogens is 430 g/mol. The molecule has 1 unspecified atom stereocenters. The van der Waals surface area contributed by atoms with Crippen LogP contribution in [0.3, 0.4) is 0 Å². The summed E-state index contributed by atoms with van der Waals surface area (Å²) in [6.45, 7) is 6.35. The Kier molecular flexibility index (Phi) is 5.98. The molecule has 1 aliphatic carbocycles. The van der Waals surface area contributed by atoms with Gasteiger partial charge in [0, 0.05) is 15.5 Å². The Hall–Kier alpha value is -1.85. The number of piperidine rings is 1. The van der Waals surface area contributed by atoms with E-state index in [-0.39, 0.29) is 23.9 Å². The van der Waals surface area contributed by atoms with E-state index in [0.29, 0.717) is 6.61 Å². The zero-order chi connectivity index (χ0) is 20.4. The van der Waals surface area contributed by atoms with Crippen LogP contribution < -0.4 is 10.1 Å². The lowest BCUT2D eigenvalue weighted by atomic mass is 9.74. The third-order valence-corrected chi connectivity index (χ3v) is 6.69. The summed E-state index contributed by atoms with van der Waals surface area (Å²) in [5, 5.41) is 3.49. The molecule has 1 heterocycles. The molecule has 0 aromatic heterocycles. The Balaban J connectivity index is 1.66. The van der Waals surface area contributed by atoms with Crippen LogP contribution in [0.5, 0.6) is 5.75 Å². The number of fused-ring (bicyclic) bond motifs is 2. The van der Waals surface area contributed by atoms with Crippen molar-refractivity contribution in [3.05, 3.63) is 63.1 Å². The molecular formula is C24H28BrNO3. The largest absolute Gasteiger partial charge is 0.485 e. The van der Waals surface area contributed by atoms with E-state index in [2.05, 4.69) is 46.4 Å². The summed E-state index contributed by atoms with van der Waals surface area (Å²) in [4.78, 5) is 12.1. The second-order valence-electron chi connectivity index (χ2n) is 8.17. The van der Waals surface area contributed by atoms with Crippen LogP contribution in [0.1, 0.15) is 54.5 Å². The van der Waals surface area contributed by atoms with Crippen molar-refractivity contribution in [1.82, 2.24) is 5.32 Å². The van der Waals surface area contributed by atoms with E-state index in [1.807, 2.05) is 25.1 Å². The molecule has 5 heteroatoms. The summed E-state index contributed by atoms with van der Waals surface area (Å²) in [6.07, 6.45) is 3.46. The normalized spacial score (nSPS) is 19.8. The number of ether oxygens (including phenoxy) is 2. The van der Waals surface area contributed by atoms with E-state index in [1.54, 1.807) is 0 Å². The minimum Gasteiger partial charge on any atom is -0.485 e. The summed E-state index contributed by atoms with van der Waals surface area (Å²) < 4.78 is 12.9. The monoisotopic (exact) mass is 457 g/mol. The van der Waals surface area contributed by atoms with Gasteiger partial charge in [0.05, 0.1) is 13.0 Å². The topological polar surface area (TPSA) is 47.6 Å². The minimum atomic E-state index is -0.217. The number of halogens is 1. The maximum Gasteiger partial charge on any atom is 0.310 e. The first-order valence-corrected chi connectivity index (χ1v) is 11.2. The maximum atomic E-state index is 12.1. The van der Waals surface area contributed by atoms with Crippen LogP contribution in [0.2, 0.25) is 0 Å². The van der Waals surface area contributed by atoms with Gasteiger partial charge in [-0.05, 0) is 81.1 Å². The first kappa shape index (κ1) is 20.4. The number of nitrogens with one attached hydrogen (secondary N) is 1. The van der Waals surface area contributed by atoms with Crippen molar-refractivity contribution in [3.63, 3.8) is 0 Å². The van der Waals surface area contributed by atoms with Crippen molar-refractivity contribution in [3.8, 4) is 5.75 Å². The van der Waals surface area contributed by atoms with E-state index < -0.39 is 0 Å². The molecule has 1 N–H and O–H groups in total. The zero-order valence-corrected chi connectivity index (χ0v) is 18.7. The van der Waals surface area contributed by atoms with Crippen molar-refractivity contribution in [2.24, 2.45) is 0 Å². The van der Waals surface area contributed by atoms with Crippen molar-refractivity contribution >= 4 is 21.9 Å². The molecule has 0 bridgehead atoms. The summed E-state index contributed by atoms with van der Waals surface area (Å²) in [6, 6.07) is 12.7.